The predicted molar refractivity (Wildman–Crippen MR) is 55.5 cm³/mol. The molecule has 0 spiro atoms. The van der Waals surface area contributed by atoms with Gasteiger partial charge in [-0.25, -0.2) is 4.79 Å². The minimum atomic E-state index is -0.523. The average Bonchev–Trinajstić information content (AvgIpc) is 2.51. The van der Waals surface area contributed by atoms with Gasteiger partial charge in [0.25, 0.3) is 5.91 Å². The summed E-state index contributed by atoms with van der Waals surface area (Å²) in [7, 11) is 0. The minimum Gasteiger partial charge on any atom is -0.365 e. The fraction of sp³-hybridized carbons (Fsp3) is 0.444. The summed E-state index contributed by atoms with van der Waals surface area (Å²) < 4.78 is 1.70. The molecule has 0 aromatic carbocycles. The van der Waals surface area contributed by atoms with Crippen LogP contribution in [0.15, 0.2) is 0 Å². The van der Waals surface area contributed by atoms with Crippen LogP contribution in [0, 0.1) is 6.92 Å². The van der Waals surface area contributed by atoms with Gasteiger partial charge in [0.1, 0.15) is 0 Å². The van der Waals surface area contributed by atoms with E-state index in [0.29, 0.717) is 30.0 Å². The van der Waals surface area contributed by atoms with Gasteiger partial charge in [-0.2, -0.15) is 5.10 Å². The van der Waals surface area contributed by atoms with E-state index < -0.39 is 11.9 Å². The summed E-state index contributed by atoms with van der Waals surface area (Å²) in [5, 5.41) is 4.20. The van der Waals surface area contributed by atoms with Crippen molar-refractivity contribution in [3.8, 4) is 0 Å². The first-order valence-electron chi connectivity index (χ1n) is 4.91. The first-order valence-corrected chi connectivity index (χ1v) is 4.91. The summed E-state index contributed by atoms with van der Waals surface area (Å²) in [6.45, 7) is 3.04. The molecule has 0 saturated carbocycles. The van der Waals surface area contributed by atoms with Crippen molar-refractivity contribution in [1.29, 1.82) is 0 Å². The predicted octanol–water partition coefficient (Wildman–Crippen LogP) is -0.815. The maximum Gasteiger partial charge on any atom is 0.315 e. The van der Waals surface area contributed by atoms with Gasteiger partial charge in [-0.15, -0.1) is 0 Å². The summed E-state index contributed by atoms with van der Waals surface area (Å²) in [5.74, 6) is -0.523. The quantitative estimate of drug-likeness (QED) is 0.649. The molecule has 2 heterocycles. The van der Waals surface area contributed by atoms with Crippen LogP contribution in [-0.2, 0) is 13.1 Å². The molecule has 1 aliphatic heterocycles. The topological polar surface area (TPSA) is 107 Å². The average molecular weight is 223 g/mol. The van der Waals surface area contributed by atoms with E-state index in [4.69, 9.17) is 11.5 Å². The summed E-state index contributed by atoms with van der Waals surface area (Å²) >= 11 is 0. The number of primary amides is 2. The summed E-state index contributed by atoms with van der Waals surface area (Å²) in [6.07, 6.45) is 0. The number of urea groups is 1. The first-order chi connectivity index (χ1) is 7.50. The molecule has 7 heteroatoms. The van der Waals surface area contributed by atoms with Crippen LogP contribution in [-0.4, -0.2) is 33.2 Å². The number of fused-ring (bicyclic) bond motifs is 1. The fourth-order valence-electron chi connectivity index (χ4n) is 1.96. The van der Waals surface area contributed by atoms with E-state index in [1.807, 2.05) is 0 Å². The van der Waals surface area contributed by atoms with Crippen LogP contribution >= 0.6 is 0 Å². The Labute approximate surface area is 92.0 Å². The number of carbonyl (C=O) groups is 2. The zero-order valence-electron chi connectivity index (χ0n) is 8.93. The molecule has 0 saturated heterocycles. The lowest BCUT2D eigenvalue weighted by Crippen LogP contribution is -2.42. The molecule has 2 rings (SSSR count). The molecule has 86 valence electrons. The number of nitrogens with two attached hydrogens (primary N) is 2. The van der Waals surface area contributed by atoms with Gasteiger partial charge in [0.2, 0.25) is 0 Å². The van der Waals surface area contributed by atoms with Crippen molar-refractivity contribution in [3.63, 3.8) is 0 Å². The van der Waals surface area contributed by atoms with E-state index in [9.17, 15) is 9.59 Å². The van der Waals surface area contributed by atoms with E-state index in [0.717, 1.165) is 0 Å². The van der Waals surface area contributed by atoms with Gasteiger partial charge in [0, 0.05) is 6.54 Å². The van der Waals surface area contributed by atoms with Crippen molar-refractivity contribution in [2.45, 2.75) is 20.0 Å². The molecule has 0 unspecified atom stereocenters. The summed E-state index contributed by atoms with van der Waals surface area (Å²) in [6, 6.07) is -0.500. The second kappa shape index (κ2) is 3.51. The Morgan fingerprint density at radius 3 is 2.56 bits per heavy atom. The van der Waals surface area contributed by atoms with Gasteiger partial charge < -0.3 is 16.4 Å². The number of aromatic nitrogens is 2. The van der Waals surface area contributed by atoms with Crippen molar-refractivity contribution in [2.75, 3.05) is 6.54 Å². The molecule has 0 bridgehead atoms. The summed E-state index contributed by atoms with van der Waals surface area (Å²) in [5.41, 5.74) is 12.1. The van der Waals surface area contributed by atoms with Gasteiger partial charge in [0.05, 0.1) is 30.0 Å². The maximum atomic E-state index is 11.3. The van der Waals surface area contributed by atoms with Crippen molar-refractivity contribution in [2.24, 2.45) is 11.5 Å². The van der Waals surface area contributed by atoms with E-state index in [1.54, 1.807) is 11.6 Å². The van der Waals surface area contributed by atoms with Gasteiger partial charge in [0.15, 0.2) is 0 Å². The second-order valence-electron chi connectivity index (χ2n) is 3.75. The number of hydrogen-bond donors (Lipinski definition) is 2. The largest absolute Gasteiger partial charge is 0.365 e. The zero-order chi connectivity index (χ0) is 11.9. The lowest BCUT2D eigenvalue weighted by Gasteiger charge is -2.26. The molecule has 0 atom stereocenters. The van der Waals surface area contributed by atoms with E-state index in [1.165, 1.54) is 4.90 Å². The molecule has 7 nitrogen and oxygen atoms in total. The molecule has 0 aliphatic carbocycles. The first kappa shape index (κ1) is 10.5. The van der Waals surface area contributed by atoms with Gasteiger partial charge in [-0.3, -0.25) is 9.48 Å². The van der Waals surface area contributed by atoms with E-state index >= 15 is 0 Å². The minimum absolute atomic E-state index is 0.286. The number of rotatable bonds is 1. The lowest BCUT2D eigenvalue weighted by atomic mass is 10.1. The monoisotopic (exact) mass is 223 g/mol. The molecule has 4 N–H and O–H groups in total. The highest BCUT2D eigenvalue weighted by Gasteiger charge is 2.26. The number of carbonyl (C=O) groups excluding carboxylic acids is 2. The molecule has 0 radical (unpaired) electrons. The molecule has 16 heavy (non-hydrogen) atoms. The Hall–Kier alpha value is -2.05. The van der Waals surface area contributed by atoms with Crippen LogP contribution < -0.4 is 11.5 Å². The Morgan fingerprint density at radius 1 is 1.31 bits per heavy atom. The SMILES string of the molecule is Cc1nn2c(c1C(N)=O)CN(C(N)=O)CC2. The van der Waals surface area contributed by atoms with Crippen LogP contribution in [0.3, 0.4) is 0 Å². The van der Waals surface area contributed by atoms with Gasteiger partial charge in [-0.1, -0.05) is 0 Å². The molecule has 0 fully saturated rings. The molecular formula is C9H13N5O2. The highest BCUT2D eigenvalue weighted by atomic mass is 16.2. The molecule has 3 amide bonds. The van der Waals surface area contributed by atoms with E-state index in [2.05, 4.69) is 5.10 Å². The van der Waals surface area contributed by atoms with Gasteiger partial charge in [-0.05, 0) is 6.92 Å². The summed E-state index contributed by atoms with van der Waals surface area (Å²) in [4.78, 5) is 23.8. The molecule has 1 aliphatic rings. The van der Waals surface area contributed by atoms with E-state index in [-0.39, 0.29) is 6.54 Å². The highest BCUT2D eigenvalue weighted by molar-refractivity contribution is 5.95. The van der Waals surface area contributed by atoms with Crippen LogP contribution in [0.1, 0.15) is 21.7 Å². The van der Waals surface area contributed by atoms with Gasteiger partial charge >= 0.3 is 6.03 Å². The van der Waals surface area contributed by atoms with Crippen LogP contribution in [0.25, 0.3) is 0 Å². The Bertz CT molecular complexity index is 465. The van der Waals surface area contributed by atoms with Crippen molar-refractivity contribution in [1.82, 2.24) is 14.7 Å². The highest BCUT2D eigenvalue weighted by Crippen LogP contribution is 2.19. The number of aryl methyl sites for hydroxylation is 1. The van der Waals surface area contributed by atoms with Crippen molar-refractivity contribution >= 4 is 11.9 Å². The third-order valence-corrected chi connectivity index (χ3v) is 2.71. The molecule has 1 aromatic heterocycles. The third kappa shape index (κ3) is 1.50. The van der Waals surface area contributed by atoms with Crippen molar-refractivity contribution < 1.29 is 9.59 Å². The zero-order valence-corrected chi connectivity index (χ0v) is 8.93. The number of nitrogens with zero attached hydrogens (tertiary/aromatic N) is 3. The second-order valence-corrected chi connectivity index (χ2v) is 3.75. The lowest BCUT2D eigenvalue weighted by molar-refractivity contribution is 0.0996. The Morgan fingerprint density at radius 2 is 2.00 bits per heavy atom. The van der Waals surface area contributed by atoms with Crippen molar-refractivity contribution in [3.05, 3.63) is 17.0 Å². The normalized spacial score (nSPS) is 14.7. The smallest absolute Gasteiger partial charge is 0.315 e. The number of hydrogen-bond acceptors (Lipinski definition) is 3. The van der Waals surface area contributed by atoms with Crippen LogP contribution in [0.4, 0.5) is 4.79 Å². The number of amides is 3. The molecule has 1 aromatic rings. The standard InChI is InChI=1S/C9H13N5O2/c1-5-7(8(10)15)6-4-13(9(11)16)2-3-14(6)12-5/h2-4H2,1H3,(H2,10,15)(H2,11,16). The Balaban J connectivity index is 2.42. The van der Waals surface area contributed by atoms with Crippen LogP contribution in [0.5, 0.6) is 0 Å². The third-order valence-electron chi connectivity index (χ3n) is 2.71. The maximum absolute atomic E-state index is 11.3. The molecular weight excluding hydrogens is 210 g/mol. The Kier molecular flexibility index (Phi) is 2.30. The fourth-order valence-corrected chi connectivity index (χ4v) is 1.96. The van der Waals surface area contributed by atoms with Crippen LogP contribution in [0.2, 0.25) is 0 Å².